The Kier molecular flexibility index (Phi) is 2.65. The molecule has 0 atom stereocenters. The highest BCUT2D eigenvalue weighted by molar-refractivity contribution is 7.13. The van der Waals surface area contributed by atoms with E-state index >= 15 is 0 Å². The molecule has 0 aromatic carbocycles. The normalized spacial score (nSPS) is 15.8. The lowest BCUT2D eigenvalue weighted by atomic mass is 9.94. The molecule has 3 rings (SSSR count). The van der Waals surface area contributed by atoms with E-state index < -0.39 is 11.9 Å². The molecule has 6 nitrogen and oxygen atoms in total. The zero-order valence-corrected chi connectivity index (χ0v) is 11.1. The Morgan fingerprint density at radius 1 is 1.35 bits per heavy atom. The molecule has 1 aromatic rings. The smallest absolute Gasteiger partial charge is 0.394 e. The maximum Gasteiger partial charge on any atom is 0.394 e. The van der Waals surface area contributed by atoms with Crippen molar-refractivity contribution in [3.63, 3.8) is 0 Å². The summed E-state index contributed by atoms with van der Waals surface area (Å²) in [5, 5.41) is 11.4. The van der Waals surface area contributed by atoms with E-state index in [0.29, 0.717) is 10.9 Å². The summed E-state index contributed by atoms with van der Waals surface area (Å²) in [5.74, 6) is -2.86. The maximum atomic E-state index is 11.9. The molecule has 0 bridgehead atoms. The number of aromatic nitrogens is 1. The van der Waals surface area contributed by atoms with Crippen LogP contribution in [0.4, 0.5) is 5.13 Å². The van der Waals surface area contributed by atoms with E-state index in [9.17, 15) is 14.4 Å². The lowest BCUT2D eigenvalue weighted by Crippen LogP contribution is -2.24. The summed E-state index contributed by atoms with van der Waals surface area (Å²) >= 11 is 1.14. The lowest BCUT2D eigenvalue weighted by Gasteiger charge is -2.08. The van der Waals surface area contributed by atoms with Crippen molar-refractivity contribution in [1.29, 1.82) is 0 Å². The van der Waals surface area contributed by atoms with Crippen molar-refractivity contribution in [2.24, 2.45) is 0 Å². The number of rotatable bonds is 1. The van der Waals surface area contributed by atoms with Gasteiger partial charge in [-0.05, 0) is 30.2 Å². The lowest BCUT2D eigenvalue weighted by molar-refractivity contribution is -0.147. The minimum absolute atomic E-state index is 0.137. The van der Waals surface area contributed by atoms with Crippen LogP contribution in [-0.4, -0.2) is 27.8 Å². The molecule has 2 aliphatic carbocycles. The van der Waals surface area contributed by atoms with Gasteiger partial charge in [0.2, 0.25) is 0 Å². The minimum Gasteiger partial charge on any atom is -0.474 e. The van der Waals surface area contributed by atoms with Gasteiger partial charge in [-0.2, -0.15) is 0 Å². The average Bonchev–Trinajstić information content (AvgIpc) is 2.91. The first-order valence-corrected chi connectivity index (χ1v) is 6.50. The largest absolute Gasteiger partial charge is 0.474 e. The van der Waals surface area contributed by atoms with Gasteiger partial charge in [-0.3, -0.25) is 14.9 Å². The number of aliphatic carboxylic acids is 1. The molecule has 0 saturated heterocycles. The van der Waals surface area contributed by atoms with Crippen LogP contribution in [0.1, 0.15) is 6.92 Å². The molecule has 1 heterocycles. The number of carbonyl (C=O) groups excluding carboxylic acids is 2. The van der Waals surface area contributed by atoms with E-state index in [0.717, 1.165) is 27.0 Å². The number of fused-ring (bicyclic) bond motifs is 2. The SMILES string of the molecule is CC1=C2C=c3sc(NC(=O)C(=O)O)nc3=C2C(=O)C=C1. The number of thiazole rings is 1. The first-order valence-electron chi connectivity index (χ1n) is 5.68. The monoisotopic (exact) mass is 288 g/mol. The molecule has 0 radical (unpaired) electrons. The molecule has 0 unspecified atom stereocenters. The predicted molar refractivity (Wildman–Crippen MR) is 72.3 cm³/mol. The van der Waals surface area contributed by atoms with Crippen LogP contribution in [0.5, 0.6) is 0 Å². The van der Waals surface area contributed by atoms with Gasteiger partial charge in [-0.25, -0.2) is 9.78 Å². The second kappa shape index (κ2) is 4.24. The third kappa shape index (κ3) is 1.79. The minimum atomic E-state index is -1.58. The van der Waals surface area contributed by atoms with E-state index in [2.05, 4.69) is 10.3 Å². The fourth-order valence-corrected chi connectivity index (χ4v) is 2.99. The third-order valence-electron chi connectivity index (χ3n) is 3.01. The highest BCUT2D eigenvalue weighted by atomic mass is 32.1. The van der Waals surface area contributed by atoms with Gasteiger partial charge in [0, 0.05) is 0 Å². The number of nitrogens with zero attached hydrogens (tertiary/aromatic N) is 1. The Morgan fingerprint density at radius 3 is 2.80 bits per heavy atom. The summed E-state index contributed by atoms with van der Waals surface area (Å²) in [6.45, 7) is 1.90. The van der Waals surface area contributed by atoms with Crippen LogP contribution >= 0.6 is 11.3 Å². The van der Waals surface area contributed by atoms with Crippen molar-refractivity contribution in [3.8, 4) is 0 Å². The number of anilines is 1. The van der Waals surface area contributed by atoms with Gasteiger partial charge < -0.3 is 5.11 Å². The second-order valence-electron chi connectivity index (χ2n) is 4.30. The Hall–Kier alpha value is -2.54. The predicted octanol–water partition coefficient (Wildman–Crippen LogP) is -0.434. The van der Waals surface area contributed by atoms with Crippen molar-refractivity contribution in [2.75, 3.05) is 5.32 Å². The highest BCUT2D eigenvalue weighted by Crippen LogP contribution is 2.26. The first-order chi connectivity index (χ1) is 9.47. The van der Waals surface area contributed by atoms with Crippen LogP contribution in [0.2, 0.25) is 0 Å². The molecule has 2 N–H and O–H groups in total. The molecule has 0 saturated carbocycles. The summed E-state index contributed by atoms with van der Waals surface area (Å²) in [4.78, 5) is 37.7. The van der Waals surface area contributed by atoms with Crippen LogP contribution in [-0.2, 0) is 14.4 Å². The summed E-state index contributed by atoms with van der Waals surface area (Å²) in [7, 11) is 0. The van der Waals surface area contributed by atoms with Gasteiger partial charge >= 0.3 is 11.9 Å². The standard InChI is InChI=1S/C13H8N2O4S/c1-5-2-3-7(16)9-6(5)4-8-10(9)14-13(20-8)15-11(17)12(18)19/h2-4H,1H3,(H,18,19)(H,14,15,17). The van der Waals surface area contributed by atoms with Gasteiger partial charge in [0.25, 0.3) is 0 Å². The summed E-state index contributed by atoms with van der Waals surface area (Å²) < 4.78 is 0.743. The number of amides is 1. The van der Waals surface area contributed by atoms with E-state index in [1.807, 2.05) is 13.0 Å². The maximum absolute atomic E-state index is 11.9. The third-order valence-corrected chi connectivity index (χ3v) is 3.92. The van der Waals surface area contributed by atoms with Crippen molar-refractivity contribution in [1.82, 2.24) is 4.98 Å². The van der Waals surface area contributed by atoms with Crippen molar-refractivity contribution < 1.29 is 19.5 Å². The van der Waals surface area contributed by atoms with Crippen LogP contribution in [0.15, 0.2) is 23.3 Å². The molecule has 7 heteroatoms. The Balaban J connectivity index is 2.11. The quantitative estimate of drug-likeness (QED) is 0.683. The summed E-state index contributed by atoms with van der Waals surface area (Å²) in [6, 6.07) is 0. The Morgan fingerprint density at radius 2 is 2.10 bits per heavy atom. The van der Waals surface area contributed by atoms with Crippen LogP contribution < -0.4 is 15.2 Å². The van der Waals surface area contributed by atoms with Gasteiger partial charge in [-0.1, -0.05) is 17.4 Å². The molecule has 20 heavy (non-hydrogen) atoms. The molecule has 0 aliphatic heterocycles. The molecular weight excluding hydrogens is 280 g/mol. The Bertz CT molecular complexity index is 857. The average molecular weight is 288 g/mol. The van der Waals surface area contributed by atoms with Gasteiger partial charge in [0.05, 0.1) is 15.5 Å². The van der Waals surface area contributed by atoms with Crippen LogP contribution in [0.25, 0.3) is 11.6 Å². The second-order valence-corrected chi connectivity index (χ2v) is 5.34. The number of nitrogens with one attached hydrogen (secondary N) is 1. The number of allylic oxidation sites excluding steroid dienone is 4. The van der Waals surface area contributed by atoms with E-state index in [1.165, 1.54) is 6.08 Å². The van der Waals surface area contributed by atoms with Gasteiger partial charge in [-0.15, -0.1) is 0 Å². The Labute approximate surface area is 116 Å². The first kappa shape index (κ1) is 12.5. The number of hydrogen-bond donors (Lipinski definition) is 2. The number of carbonyl (C=O) groups is 3. The van der Waals surface area contributed by atoms with Gasteiger partial charge in [0.1, 0.15) is 0 Å². The zero-order valence-electron chi connectivity index (χ0n) is 10.3. The van der Waals surface area contributed by atoms with Crippen molar-refractivity contribution >= 4 is 45.8 Å². The summed E-state index contributed by atoms with van der Waals surface area (Å²) in [5.41, 5.74) is 2.32. The summed E-state index contributed by atoms with van der Waals surface area (Å²) in [6.07, 6.45) is 5.06. The van der Waals surface area contributed by atoms with E-state index in [-0.39, 0.29) is 10.9 Å². The molecular formula is C13H8N2O4S. The van der Waals surface area contributed by atoms with Crippen molar-refractivity contribution in [2.45, 2.75) is 6.92 Å². The number of carboxylic acids is 1. The van der Waals surface area contributed by atoms with Crippen molar-refractivity contribution in [3.05, 3.63) is 33.2 Å². The molecule has 1 aromatic heterocycles. The molecule has 0 fully saturated rings. The molecule has 1 amide bonds. The highest BCUT2D eigenvalue weighted by Gasteiger charge is 2.24. The van der Waals surface area contributed by atoms with Gasteiger partial charge in [0.15, 0.2) is 10.9 Å². The fourth-order valence-electron chi connectivity index (χ4n) is 2.08. The number of hydrogen-bond acceptors (Lipinski definition) is 5. The molecule has 100 valence electrons. The van der Waals surface area contributed by atoms with Crippen LogP contribution in [0, 0.1) is 0 Å². The topological polar surface area (TPSA) is 96.4 Å². The van der Waals surface area contributed by atoms with E-state index in [1.54, 1.807) is 6.08 Å². The molecule has 2 aliphatic rings. The number of carboxylic acid groups (broad SMARTS) is 1. The van der Waals surface area contributed by atoms with E-state index in [4.69, 9.17) is 5.11 Å². The molecule has 0 spiro atoms. The zero-order chi connectivity index (χ0) is 14.4. The fraction of sp³-hybridized carbons (Fsp3) is 0.0769. The number of ketones is 1. The van der Waals surface area contributed by atoms with Crippen LogP contribution in [0.3, 0.4) is 0 Å².